The van der Waals surface area contributed by atoms with Crippen LogP contribution in [0.25, 0.3) is 0 Å². The van der Waals surface area contributed by atoms with E-state index in [-0.39, 0.29) is 5.91 Å². The van der Waals surface area contributed by atoms with Crippen LogP contribution in [0, 0.1) is 0 Å². The maximum absolute atomic E-state index is 11.8. The summed E-state index contributed by atoms with van der Waals surface area (Å²) in [5.41, 5.74) is 2.53. The molecule has 0 bridgehead atoms. The van der Waals surface area contributed by atoms with Gasteiger partial charge in [-0.1, -0.05) is 12.1 Å². The number of methoxy groups -OCH3 is 1. The van der Waals surface area contributed by atoms with Crippen molar-refractivity contribution in [2.75, 3.05) is 32.6 Å². The highest BCUT2D eigenvalue weighted by Crippen LogP contribution is 2.30. The van der Waals surface area contributed by atoms with Gasteiger partial charge in [-0.15, -0.1) is 0 Å². The molecule has 0 saturated heterocycles. The second-order valence-electron chi connectivity index (χ2n) is 5.91. The Morgan fingerprint density at radius 2 is 1.79 bits per heavy atom. The highest BCUT2D eigenvalue weighted by Gasteiger charge is 2.08. The van der Waals surface area contributed by atoms with Crippen molar-refractivity contribution < 1.29 is 14.3 Å². The molecule has 0 radical (unpaired) electrons. The Kier molecular flexibility index (Phi) is 8.14. The third kappa shape index (κ3) is 5.90. The molecule has 7 heteroatoms. The fourth-order valence-electron chi connectivity index (χ4n) is 2.56. The van der Waals surface area contributed by atoms with Gasteiger partial charge in [-0.2, -0.15) is 0 Å². The molecule has 0 aliphatic carbocycles. The largest absolute Gasteiger partial charge is 0.493 e. The number of aliphatic imine (C=N–C) groups is 1. The first-order valence-corrected chi connectivity index (χ1v) is 9.26. The molecule has 0 spiro atoms. The summed E-state index contributed by atoms with van der Waals surface area (Å²) in [6.45, 7) is 5.57. The Hall–Kier alpha value is -3.22. The molecular formula is C21H28N4O3. The Balaban J connectivity index is 1.98. The standard InChI is InChI=1S/C21H28N4O3/c1-5-23-20(26)16-9-7-15(8-10-16)14-24-21(22-3)25-17-11-12-18(27-4)19(13-17)28-6-2/h7-13H,5-6,14H2,1-4H3,(H,23,26)(H2,22,24,25). The second-order valence-corrected chi connectivity index (χ2v) is 5.91. The number of amides is 1. The molecule has 28 heavy (non-hydrogen) atoms. The fraction of sp³-hybridized carbons (Fsp3) is 0.333. The molecule has 2 aromatic rings. The van der Waals surface area contributed by atoms with Crippen LogP contribution in [0.1, 0.15) is 29.8 Å². The van der Waals surface area contributed by atoms with E-state index in [1.165, 1.54) is 0 Å². The molecule has 2 rings (SSSR count). The van der Waals surface area contributed by atoms with Gasteiger partial charge in [0.1, 0.15) is 0 Å². The SMILES string of the molecule is CCNC(=O)c1ccc(CNC(=NC)Nc2ccc(OC)c(OCC)c2)cc1. The van der Waals surface area contributed by atoms with E-state index in [1.54, 1.807) is 14.2 Å². The second kappa shape index (κ2) is 10.8. The van der Waals surface area contributed by atoms with Gasteiger partial charge in [0.05, 0.1) is 13.7 Å². The molecule has 7 nitrogen and oxygen atoms in total. The summed E-state index contributed by atoms with van der Waals surface area (Å²) in [7, 11) is 3.32. The Bertz CT molecular complexity index is 804. The lowest BCUT2D eigenvalue weighted by Crippen LogP contribution is -2.30. The van der Waals surface area contributed by atoms with Gasteiger partial charge in [0, 0.05) is 37.5 Å². The lowest BCUT2D eigenvalue weighted by atomic mass is 10.1. The molecule has 0 aliphatic heterocycles. The molecule has 2 aromatic carbocycles. The average Bonchev–Trinajstić information content (AvgIpc) is 2.72. The van der Waals surface area contributed by atoms with Crippen LogP contribution in [0.5, 0.6) is 11.5 Å². The molecule has 150 valence electrons. The minimum Gasteiger partial charge on any atom is -0.493 e. The van der Waals surface area contributed by atoms with Gasteiger partial charge in [-0.05, 0) is 43.7 Å². The fourth-order valence-corrected chi connectivity index (χ4v) is 2.56. The van der Waals surface area contributed by atoms with Crippen molar-refractivity contribution in [3.05, 3.63) is 53.6 Å². The number of hydrogen-bond donors (Lipinski definition) is 3. The summed E-state index contributed by atoms with van der Waals surface area (Å²) >= 11 is 0. The lowest BCUT2D eigenvalue weighted by molar-refractivity contribution is 0.0956. The quantitative estimate of drug-likeness (QED) is 0.481. The lowest BCUT2D eigenvalue weighted by Gasteiger charge is -2.15. The monoisotopic (exact) mass is 384 g/mol. The number of ether oxygens (including phenoxy) is 2. The predicted molar refractivity (Wildman–Crippen MR) is 112 cm³/mol. The summed E-state index contributed by atoms with van der Waals surface area (Å²) in [6.07, 6.45) is 0. The highest BCUT2D eigenvalue weighted by atomic mass is 16.5. The van der Waals surface area contributed by atoms with Crippen LogP contribution in [-0.4, -0.2) is 39.2 Å². The van der Waals surface area contributed by atoms with Crippen LogP contribution in [-0.2, 0) is 6.54 Å². The number of carbonyl (C=O) groups is 1. The van der Waals surface area contributed by atoms with E-state index >= 15 is 0 Å². The van der Waals surface area contributed by atoms with Crippen LogP contribution < -0.4 is 25.4 Å². The molecule has 0 unspecified atom stereocenters. The van der Waals surface area contributed by atoms with Gasteiger partial charge in [0.25, 0.3) is 5.91 Å². The van der Waals surface area contributed by atoms with Crippen molar-refractivity contribution in [3.63, 3.8) is 0 Å². The third-order valence-electron chi connectivity index (χ3n) is 3.96. The minimum atomic E-state index is -0.0657. The molecule has 0 saturated carbocycles. The van der Waals surface area contributed by atoms with Gasteiger partial charge in [-0.25, -0.2) is 0 Å². The van der Waals surface area contributed by atoms with Gasteiger partial charge < -0.3 is 25.4 Å². The number of hydrogen-bond acceptors (Lipinski definition) is 4. The molecule has 0 fully saturated rings. The Labute approximate surface area is 166 Å². The van der Waals surface area contributed by atoms with Crippen LogP contribution >= 0.6 is 0 Å². The summed E-state index contributed by atoms with van der Waals surface area (Å²) < 4.78 is 10.9. The molecule has 3 N–H and O–H groups in total. The molecule has 0 aliphatic rings. The average molecular weight is 384 g/mol. The Morgan fingerprint density at radius 1 is 1.04 bits per heavy atom. The van der Waals surface area contributed by atoms with Crippen LogP contribution in [0.3, 0.4) is 0 Å². The number of nitrogens with one attached hydrogen (secondary N) is 3. The first-order valence-electron chi connectivity index (χ1n) is 9.26. The summed E-state index contributed by atoms with van der Waals surface area (Å²) in [5.74, 6) is 1.92. The molecular weight excluding hydrogens is 356 g/mol. The number of anilines is 1. The first kappa shape index (κ1) is 21.1. The number of rotatable bonds is 8. The van der Waals surface area contributed by atoms with Gasteiger partial charge in [0.15, 0.2) is 17.5 Å². The zero-order valence-corrected chi connectivity index (χ0v) is 16.8. The molecule has 1 amide bonds. The van der Waals surface area contributed by atoms with Crippen molar-refractivity contribution in [1.82, 2.24) is 10.6 Å². The molecule has 0 heterocycles. The van der Waals surface area contributed by atoms with Crippen LogP contribution in [0.4, 0.5) is 5.69 Å². The van der Waals surface area contributed by atoms with Crippen LogP contribution in [0.15, 0.2) is 47.5 Å². The predicted octanol–water partition coefficient (Wildman–Crippen LogP) is 3.03. The van der Waals surface area contributed by atoms with E-state index in [9.17, 15) is 4.79 Å². The van der Waals surface area contributed by atoms with E-state index in [0.29, 0.717) is 42.7 Å². The number of guanidine groups is 1. The highest BCUT2D eigenvalue weighted by molar-refractivity contribution is 5.94. The van der Waals surface area contributed by atoms with Crippen molar-refractivity contribution in [2.45, 2.75) is 20.4 Å². The normalized spacial score (nSPS) is 10.9. The maximum atomic E-state index is 11.8. The zero-order chi connectivity index (χ0) is 20.4. The number of carbonyl (C=O) groups excluding carboxylic acids is 1. The third-order valence-corrected chi connectivity index (χ3v) is 3.96. The van der Waals surface area contributed by atoms with E-state index in [2.05, 4.69) is 20.9 Å². The van der Waals surface area contributed by atoms with Gasteiger partial charge in [0.2, 0.25) is 0 Å². The summed E-state index contributed by atoms with van der Waals surface area (Å²) in [6, 6.07) is 13.1. The zero-order valence-electron chi connectivity index (χ0n) is 16.8. The van der Waals surface area contributed by atoms with E-state index < -0.39 is 0 Å². The molecule has 0 aromatic heterocycles. The number of benzene rings is 2. The van der Waals surface area contributed by atoms with Crippen molar-refractivity contribution in [1.29, 1.82) is 0 Å². The number of nitrogens with zero attached hydrogens (tertiary/aromatic N) is 1. The van der Waals surface area contributed by atoms with Gasteiger partial charge in [-0.3, -0.25) is 9.79 Å². The van der Waals surface area contributed by atoms with Crippen molar-refractivity contribution in [3.8, 4) is 11.5 Å². The molecule has 0 atom stereocenters. The van der Waals surface area contributed by atoms with Crippen molar-refractivity contribution in [2.24, 2.45) is 4.99 Å². The van der Waals surface area contributed by atoms with E-state index in [4.69, 9.17) is 9.47 Å². The summed E-state index contributed by atoms with van der Waals surface area (Å²) in [5, 5.41) is 9.28. The maximum Gasteiger partial charge on any atom is 0.251 e. The topological polar surface area (TPSA) is 84.0 Å². The Morgan fingerprint density at radius 3 is 2.39 bits per heavy atom. The van der Waals surface area contributed by atoms with Gasteiger partial charge >= 0.3 is 0 Å². The first-order chi connectivity index (χ1) is 13.6. The summed E-state index contributed by atoms with van der Waals surface area (Å²) in [4.78, 5) is 16.1. The van der Waals surface area contributed by atoms with Crippen molar-refractivity contribution >= 4 is 17.6 Å². The minimum absolute atomic E-state index is 0.0657. The van der Waals surface area contributed by atoms with E-state index in [0.717, 1.165) is 11.3 Å². The smallest absolute Gasteiger partial charge is 0.251 e. The van der Waals surface area contributed by atoms with E-state index in [1.807, 2.05) is 56.3 Å². The van der Waals surface area contributed by atoms with Crippen LogP contribution in [0.2, 0.25) is 0 Å².